The van der Waals surface area contributed by atoms with Crippen molar-refractivity contribution in [1.82, 2.24) is 10.2 Å². The molecule has 0 bridgehead atoms. The highest BCUT2D eigenvalue weighted by Crippen LogP contribution is 2.28. The van der Waals surface area contributed by atoms with Crippen LogP contribution in [0.1, 0.15) is 33.1 Å². The predicted octanol–water partition coefficient (Wildman–Crippen LogP) is 0.343. The van der Waals surface area contributed by atoms with Crippen LogP contribution in [0.25, 0.3) is 0 Å². The van der Waals surface area contributed by atoms with Crippen molar-refractivity contribution in [2.45, 2.75) is 45.2 Å². The van der Waals surface area contributed by atoms with E-state index in [1.807, 2.05) is 0 Å². The summed E-state index contributed by atoms with van der Waals surface area (Å²) < 4.78 is 0. The van der Waals surface area contributed by atoms with E-state index in [1.165, 1.54) is 4.90 Å². The number of carbonyl (C=O) groups is 2. The third kappa shape index (κ3) is 3.98. The lowest BCUT2D eigenvalue weighted by Gasteiger charge is -2.31. The van der Waals surface area contributed by atoms with Crippen LogP contribution in [0, 0.1) is 11.8 Å². The van der Waals surface area contributed by atoms with Gasteiger partial charge < -0.3 is 16.0 Å². The third-order valence-electron chi connectivity index (χ3n) is 3.52. The summed E-state index contributed by atoms with van der Waals surface area (Å²) in [5, 5.41) is 2.79. The summed E-state index contributed by atoms with van der Waals surface area (Å²) >= 11 is 0. The van der Waals surface area contributed by atoms with E-state index in [-0.39, 0.29) is 23.8 Å². The molecule has 1 aliphatic rings. The SMILES string of the molecule is CC1CC(N)CC(C(=O)NC(C)C(=O)N(C)C)C1. The number of nitrogens with one attached hydrogen (secondary N) is 1. The Morgan fingerprint density at radius 3 is 2.39 bits per heavy atom. The van der Waals surface area contributed by atoms with Crippen molar-refractivity contribution in [2.75, 3.05) is 14.1 Å². The van der Waals surface area contributed by atoms with E-state index in [0.29, 0.717) is 5.92 Å². The molecule has 2 amide bonds. The van der Waals surface area contributed by atoms with Gasteiger partial charge in [0.15, 0.2) is 0 Å². The minimum absolute atomic E-state index is 0.0419. The Bertz CT molecular complexity index is 307. The number of nitrogens with zero attached hydrogens (tertiary/aromatic N) is 1. The van der Waals surface area contributed by atoms with Crippen LogP contribution in [-0.4, -0.2) is 42.9 Å². The molecule has 4 unspecified atom stereocenters. The lowest BCUT2D eigenvalue weighted by atomic mass is 9.79. The Labute approximate surface area is 109 Å². The number of carbonyl (C=O) groups excluding carboxylic acids is 2. The summed E-state index contributed by atoms with van der Waals surface area (Å²) in [5.41, 5.74) is 5.94. The number of amides is 2. The van der Waals surface area contributed by atoms with Crippen LogP contribution in [0.15, 0.2) is 0 Å². The van der Waals surface area contributed by atoms with Crippen molar-refractivity contribution in [2.24, 2.45) is 17.6 Å². The van der Waals surface area contributed by atoms with Crippen LogP contribution in [0.5, 0.6) is 0 Å². The fourth-order valence-electron chi connectivity index (χ4n) is 2.65. The van der Waals surface area contributed by atoms with Gasteiger partial charge in [-0.15, -0.1) is 0 Å². The van der Waals surface area contributed by atoms with Crippen molar-refractivity contribution in [3.05, 3.63) is 0 Å². The molecule has 3 N–H and O–H groups in total. The second-order valence-corrected chi connectivity index (χ2v) is 5.73. The summed E-state index contributed by atoms with van der Waals surface area (Å²) in [4.78, 5) is 25.3. The van der Waals surface area contributed by atoms with Crippen molar-refractivity contribution in [3.8, 4) is 0 Å². The van der Waals surface area contributed by atoms with Crippen LogP contribution in [0.3, 0.4) is 0 Å². The van der Waals surface area contributed by atoms with Crippen LogP contribution < -0.4 is 11.1 Å². The largest absolute Gasteiger partial charge is 0.347 e. The first-order valence-corrected chi connectivity index (χ1v) is 6.58. The van der Waals surface area contributed by atoms with E-state index < -0.39 is 6.04 Å². The zero-order valence-corrected chi connectivity index (χ0v) is 11.8. The smallest absolute Gasteiger partial charge is 0.244 e. The molecule has 0 aliphatic heterocycles. The monoisotopic (exact) mass is 255 g/mol. The molecule has 0 aromatic carbocycles. The Hall–Kier alpha value is -1.10. The van der Waals surface area contributed by atoms with Gasteiger partial charge in [-0.3, -0.25) is 9.59 Å². The quantitative estimate of drug-likeness (QED) is 0.763. The first kappa shape index (κ1) is 15.0. The van der Waals surface area contributed by atoms with Gasteiger partial charge >= 0.3 is 0 Å². The molecule has 0 radical (unpaired) electrons. The van der Waals surface area contributed by atoms with Crippen molar-refractivity contribution in [3.63, 3.8) is 0 Å². The van der Waals surface area contributed by atoms with Crippen LogP contribution in [-0.2, 0) is 9.59 Å². The molecular weight excluding hydrogens is 230 g/mol. The summed E-state index contributed by atoms with van der Waals surface area (Å²) in [5.74, 6) is 0.293. The molecule has 0 spiro atoms. The number of nitrogens with two attached hydrogens (primary N) is 1. The summed E-state index contributed by atoms with van der Waals surface area (Å²) in [6, 6.07) is -0.370. The van der Waals surface area contributed by atoms with Gasteiger partial charge in [-0.2, -0.15) is 0 Å². The minimum Gasteiger partial charge on any atom is -0.347 e. The lowest BCUT2D eigenvalue weighted by molar-refractivity contribution is -0.135. The first-order valence-electron chi connectivity index (χ1n) is 6.58. The molecule has 104 valence electrons. The van der Waals surface area contributed by atoms with E-state index in [9.17, 15) is 9.59 Å². The van der Waals surface area contributed by atoms with Crippen LogP contribution >= 0.6 is 0 Å². The van der Waals surface area contributed by atoms with Gasteiger partial charge in [0.25, 0.3) is 0 Å². The van der Waals surface area contributed by atoms with Gasteiger partial charge in [0.2, 0.25) is 11.8 Å². The molecule has 0 heterocycles. The Kier molecular flexibility index (Phi) is 5.14. The average molecular weight is 255 g/mol. The number of likely N-dealkylation sites (N-methyl/N-ethyl adjacent to an activating group) is 1. The number of rotatable bonds is 3. The van der Waals surface area contributed by atoms with Crippen molar-refractivity contribution in [1.29, 1.82) is 0 Å². The molecular formula is C13H25N3O2. The summed E-state index contributed by atoms with van der Waals surface area (Å²) in [6.07, 6.45) is 2.57. The lowest BCUT2D eigenvalue weighted by Crippen LogP contribution is -2.48. The maximum Gasteiger partial charge on any atom is 0.244 e. The summed E-state index contributed by atoms with van der Waals surface area (Å²) in [6.45, 7) is 3.83. The average Bonchev–Trinajstić information content (AvgIpc) is 2.26. The second kappa shape index (κ2) is 6.18. The van der Waals surface area contributed by atoms with Gasteiger partial charge in [-0.1, -0.05) is 6.92 Å². The Morgan fingerprint density at radius 2 is 1.89 bits per heavy atom. The fraction of sp³-hybridized carbons (Fsp3) is 0.846. The van der Waals surface area contributed by atoms with E-state index in [2.05, 4.69) is 12.2 Å². The molecule has 1 rings (SSSR count). The maximum absolute atomic E-state index is 12.1. The zero-order chi connectivity index (χ0) is 13.9. The normalized spacial score (nSPS) is 29.5. The molecule has 1 fully saturated rings. The van der Waals surface area contributed by atoms with Crippen molar-refractivity contribution >= 4 is 11.8 Å². The third-order valence-corrected chi connectivity index (χ3v) is 3.52. The van der Waals surface area contributed by atoms with Gasteiger partial charge in [-0.25, -0.2) is 0 Å². The highest BCUT2D eigenvalue weighted by atomic mass is 16.2. The zero-order valence-electron chi connectivity index (χ0n) is 11.8. The van der Waals surface area contributed by atoms with Gasteiger partial charge in [0.1, 0.15) is 6.04 Å². The molecule has 4 atom stereocenters. The van der Waals surface area contributed by atoms with Gasteiger partial charge in [-0.05, 0) is 32.1 Å². The van der Waals surface area contributed by atoms with Gasteiger partial charge in [0, 0.05) is 26.1 Å². The maximum atomic E-state index is 12.1. The van der Waals surface area contributed by atoms with E-state index in [4.69, 9.17) is 5.73 Å². The van der Waals surface area contributed by atoms with Gasteiger partial charge in [0.05, 0.1) is 0 Å². The minimum atomic E-state index is -0.471. The highest BCUT2D eigenvalue weighted by Gasteiger charge is 2.30. The molecule has 0 saturated heterocycles. The highest BCUT2D eigenvalue weighted by molar-refractivity contribution is 5.88. The molecule has 0 aromatic rings. The predicted molar refractivity (Wildman–Crippen MR) is 70.8 cm³/mol. The second-order valence-electron chi connectivity index (χ2n) is 5.73. The van der Waals surface area contributed by atoms with Crippen LogP contribution in [0.2, 0.25) is 0 Å². The van der Waals surface area contributed by atoms with E-state index in [1.54, 1.807) is 21.0 Å². The topological polar surface area (TPSA) is 75.4 Å². The Balaban J connectivity index is 2.52. The van der Waals surface area contributed by atoms with Crippen molar-refractivity contribution < 1.29 is 9.59 Å². The van der Waals surface area contributed by atoms with E-state index in [0.717, 1.165) is 19.3 Å². The molecule has 18 heavy (non-hydrogen) atoms. The Morgan fingerprint density at radius 1 is 1.28 bits per heavy atom. The fourth-order valence-corrected chi connectivity index (χ4v) is 2.65. The molecule has 5 nitrogen and oxygen atoms in total. The molecule has 1 saturated carbocycles. The van der Waals surface area contributed by atoms with E-state index >= 15 is 0 Å². The first-order chi connectivity index (χ1) is 8.31. The molecule has 1 aliphatic carbocycles. The molecule has 0 aromatic heterocycles. The van der Waals surface area contributed by atoms with Crippen LogP contribution in [0.4, 0.5) is 0 Å². The molecule has 5 heteroatoms. The number of hydrogen-bond acceptors (Lipinski definition) is 3. The summed E-state index contributed by atoms with van der Waals surface area (Å²) in [7, 11) is 3.37. The number of hydrogen-bond donors (Lipinski definition) is 2. The standard InChI is InChI=1S/C13H25N3O2/c1-8-5-10(7-11(14)6-8)12(17)15-9(2)13(18)16(3)4/h8-11H,5-7,14H2,1-4H3,(H,15,17).